The molecular weight excluding hydrogens is 160 g/mol. The van der Waals surface area contributed by atoms with E-state index in [-0.39, 0.29) is 0 Å². The fourth-order valence-corrected chi connectivity index (χ4v) is 0.625. The summed E-state index contributed by atoms with van der Waals surface area (Å²) in [6.07, 6.45) is 1.61. The van der Waals surface area contributed by atoms with Gasteiger partial charge in [0.25, 0.3) is 0 Å². The van der Waals surface area contributed by atoms with Gasteiger partial charge in [0, 0.05) is 0 Å². The molecule has 0 radical (unpaired) electrons. The Hall–Kier alpha value is -1.31. The Labute approximate surface area is 81.5 Å². The Morgan fingerprint density at radius 2 is 1.46 bits per heavy atom. The summed E-state index contributed by atoms with van der Waals surface area (Å²) in [4.78, 5) is 0. The zero-order chi connectivity index (χ0) is 10.5. The summed E-state index contributed by atoms with van der Waals surface area (Å²) in [6.45, 7) is 8.00. The predicted octanol–water partition coefficient (Wildman–Crippen LogP) is 3.03. The number of hydrogen-bond donors (Lipinski definition) is 1. The van der Waals surface area contributed by atoms with Crippen molar-refractivity contribution >= 4 is 6.21 Å². The van der Waals surface area contributed by atoms with Crippen molar-refractivity contribution in [2.24, 2.45) is 10.9 Å². The molecule has 0 heterocycles. The molecule has 0 bridgehead atoms. The van der Waals surface area contributed by atoms with E-state index in [0.717, 1.165) is 5.56 Å². The number of hydrogen-bond acceptors (Lipinski definition) is 2. The fourth-order valence-electron chi connectivity index (χ4n) is 0.625. The molecule has 13 heavy (non-hydrogen) atoms. The van der Waals surface area contributed by atoms with Crippen LogP contribution in [-0.4, -0.2) is 6.21 Å². The van der Waals surface area contributed by atoms with Crippen LogP contribution in [0.3, 0.4) is 0 Å². The molecule has 2 heteroatoms. The van der Waals surface area contributed by atoms with E-state index in [2.05, 4.69) is 5.10 Å². The molecule has 0 unspecified atom stereocenters. The summed E-state index contributed by atoms with van der Waals surface area (Å²) in [6, 6.07) is 9.72. The van der Waals surface area contributed by atoms with Crippen LogP contribution in [0, 0.1) is 0 Å². The van der Waals surface area contributed by atoms with Crippen LogP contribution in [0.1, 0.15) is 33.3 Å². The molecule has 0 saturated carbocycles. The second kappa shape index (κ2) is 13.3. The normalized spacial score (nSPS) is 8.00. The van der Waals surface area contributed by atoms with Crippen molar-refractivity contribution in [2.45, 2.75) is 27.7 Å². The van der Waals surface area contributed by atoms with E-state index in [0.29, 0.717) is 0 Å². The first-order valence-corrected chi connectivity index (χ1v) is 4.72. The molecule has 74 valence electrons. The van der Waals surface area contributed by atoms with Crippen LogP contribution in [0.4, 0.5) is 0 Å². The second-order valence-corrected chi connectivity index (χ2v) is 1.69. The highest BCUT2D eigenvalue weighted by Crippen LogP contribution is 1.92. The summed E-state index contributed by atoms with van der Waals surface area (Å²) < 4.78 is 0. The third kappa shape index (κ3) is 8.60. The minimum atomic E-state index is 1.03. The van der Waals surface area contributed by atoms with Gasteiger partial charge in [-0.3, -0.25) is 0 Å². The van der Waals surface area contributed by atoms with Gasteiger partial charge in [0.05, 0.1) is 6.21 Å². The molecule has 0 aliphatic rings. The topological polar surface area (TPSA) is 38.4 Å². The van der Waals surface area contributed by atoms with E-state index in [1.165, 1.54) is 0 Å². The molecule has 2 N–H and O–H groups in total. The van der Waals surface area contributed by atoms with Crippen LogP contribution in [0.2, 0.25) is 0 Å². The lowest BCUT2D eigenvalue weighted by Crippen LogP contribution is -1.83. The van der Waals surface area contributed by atoms with Crippen LogP contribution < -0.4 is 5.84 Å². The lowest BCUT2D eigenvalue weighted by molar-refractivity contribution is 1.26. The Bertz CT molecular complexity index is 193. The Kier molecular flexibility index (Phi) is 14.5. The summed E-state index contributed by atoms with van der Waals surface area (Å²) in [5.74, 6) is 4.93. The quantitative estimate of drug-likeness (QED) is 0.402. The highest BCUT2D eigenvalue weighted by atomic mass is 15.1. The third-order valence-corrected chi connectivity index (χ3v) is 1.02. The van der Waals surface area contributed by atoms with E-state index in [1.807, 2.05) is 58.0 Å². The Morgan fingerprint density at radius 3 is 1.85 bits per heavy atom. The van der Waals surface area contributed by atoms with Gasteiger partial charge >= 0.3 is 0 Å². The molecule has 0 atom stereocenters. The first-order valence-electron chi connectivity index (χ1n) is 4.72. The second-order valence-electron chi connectivity index (χ2n) is 1.69. The average Bonchev–Trinajstić information content (AvgIpc) is 2.26. The van der Waals surface area contributed by atoms with Crippen LogP contribution >= 0.6 is 0 Å². The van der Waals surface area contributed by atoms with Crippen LogP contribution in [-0.2, 0) is 0 Å². The lowest BCUT2D eigenvalue weighted by Gasteiger charge is -1.85. The standard InChI is InChI=1S/C7H8N2.2C2H6/c8-9-6-7-4-2-1-3-5-7;2*1-2/h1-6H,8H2;2*1-2H3/b9-6+;;. The van der Waals surface area contributed by atoms with Crippen molar-refractivity contribution in [3.8, 4) is 0 Å². The predicted molar refractivity (Wildman–Crippen MR) is 60.9 cm³/mol. The highest BCUT2D eigenvalue weighted by molar-refractivity contribution is 5.78. The molecular formula is C11H20N2. The van der Waals surface area contributed by atoms with E-state index in [9.17, 15) is 0 Å². The number of rotatable bonds is 1. The van der Waals surface area contributed by atoms with Gasteiger partial charge in [0.1, 0.15) is 0 Å². The third-order valence-electron chi connectivity index (χ3n) is 1.02. The molecule has 0 aliphatic heterocycles. The number of hydrazone groups is 1. The molecule has 0 aliphatic carbocycles. The van der Waals surface area contributed by atoms with Gasteiger partial charge in [-0.1, -0.05) is 58.0 Å². The fraction of sp³-hybridized carbons (Fsp3) is 0.364. The van der Waals surface area contributed by atoms with Crippen molar-refractivity contribution in [1.82, 2.24) is 0 Å². The minimum absolute atomic E-state index is 1.03. The molecule has 0 spiro atoms. The molecule has 0 aromatic heterocycles. The van der Waals surface area contributed by atoms with Gasteiger partial charge < -0.3 is 5.84 Å². The number of benzene rings is 1. The zero-order valence-corrected chi connectivity index (χ0v) is 8.99. The Morgan fingerprint density at radius 1 is 1.00 bits per heavy atom. The maximum absolute atomic E-state index is 4.93. The smallest absolute Gasteiger partial charge is 0.0538 e. The van der Waals surface area contributed by atoms with Crippen molar-refractivity contribution in [2.75, 3.05) is 0 Å². The highest BCUT2D eigenvalue weighted by Gasteiger charge is 1.79. The zero-order valence-electron chi connectivity index (χ0n) is 8.99. The van der Waals surface area contributed by atoms with Crippen molar-refractivity contribution < 1.29 is 0 Å². The van der Waals surface area contributed by atoms with Crippen molar-refractivity contribution in [3.05, 3.63) is 35.9 Å². The first-order chi connectivity index (χ1) is 6.43. The summed E-state index contributed by atoms with van der Waals surface area (Å²) >= 11 is 0. The van der Waals surface area contributed by atoms with Crippen molar-refractivity contribution in [1.29, 1.82) is 0 Å². The van der Waals surface area contributed by atoms with E-state index < -0.39 is 0 Å². The largest absolute Gasteiger partial charge is 0.323 e. The van der Waals surface area contributed by atoms with Gasteiger partial charge in [0.15, 0.2) is 0 Å². The van der Waals surface area contributed by atoms with Crippen LogP contribution in [0.15, 0.2) is 35.4 Å². The van der Waals surface area contributed by atoms with Gasteiger partial charge in [-0.15, -0.1) is 0 Å². The number of nitrogens with two attached hydrogens (primary N) is 1. The average molecular weight is 180 g/mol. The van der Waals surface area contributed by atoms with Crippen LogP contribution in [0.25, 0.3) is 0 Å². The molecule has 0 fully saturated rings. The molecule has 1 aromatic rings. The molecule has 0 saturated heterocycles. The van der Waals surface area contributed by atoms with Gasteiger partial charge in [0.2, 0.25) is 0 Å². The molecule has 0 amide bonds. The SMILES string of the molecule is CC.CC.N/N=C/c1ccccc1. The van der Waals surface area contributed by atoms with Crippen LogP contribution in [0.5, 0.6) is 0 Å². The summed E-state index contributed by atoms with van der Waals surface area (Å²) in [5.41, 5.74) is 1.03. The maximum Gasteiger partial charge on any atom is 0.0538 e. The summed E-state index contributed by atoms with van der Waals surface area (Å²) in [5, 5.41) is 3.38. The van der Waals surface area contributed by atoms with E-state index >= 15 is 0 Å². The van der Waals surface area contributed by atoms with E-state index in [1.54, 1.807) is 6.21 Å². The van der Waals surface area contributed by atoms with E-state index in [4.69, 9.17) is 5.84 Å². The van der Waals surface area contributed by atoms with Gasteiger partial charge in [-0.05, 0) is 5.56 Å². The molecule has 1 rings (SSSR count). The minimum Gasteiger partial charge on any atom is -0.323 e. The van der Waals surface area contributed by atoms with Gasteiger partial charge in [-0.25, -0.2) is 0 Å². The molecule has 1 aromatic carbocycles. The summed E-state index contributed by atoms with van der Waals surface area (Å²) in [7, 11) is 0. The van der Waals surface area contributed by atoms with Crippen molar-refractivity contribution in [3.63, 3.8) is 0 Å². The maximum atomic E-state index is 4.93. The Balaban J connectivity index is 0. The van der Waals surface area contributed by atoms with Gasteiger partial charge in [-0.2, -0.15) is 5.10 Å². The lowest BCUT2D eigenvalue weighted by atomic mass is 10.2. The first kappa shape index (κ1) is 14.2. The monoisotopic (exact) mass is 180 g/mol. The molecule has 2 nitrogen and oxygen atoms in total. The number of nitrogens with zero attached hydrogens (tertiary/aromatic N) is 1.